The van der Waals surface area contributed by atoms with Gasteiger partial charge < -0.3 is 19.7 Å². The molecule has 1 heterocycles. The summed E-state index contributed by atoms with van der Waals surface area (Å²) in [5.41, 5.74) is 0.325. The van der Waals surface area contributed by atoms with Gasteiger partial charge in [0, 0.05) is 17.6 Å². The van der Waals surface area contributed by atoms with Gasteiger partial charge in [-0.2, -0.15) is 0 Å². The summed E-state index contributed by atoms with van der Waals surface area (Å²) in [5.74, 6) is -0.479. The van der Waals surface area contributed by atoms with Crippen molar-refractivity contribution in [1.29, 1.82) is 0 Å². The van der Waals surface area contributed by atoms with E-state index in [-0.39, 0.29) is 23.4 Å². The molecular weight excluding hydrogens is 594 g/mol. The number of esters is 1. The highest BCUT2D eigenvalue weighted by atomic mass is 79.9. The van der Waals surface area contributed by atoms with Crippen LogP contribution in [0.5, 0.6) is 5.75 Å². The first kappa shape index (κ1) is 34.0. The molecule has 0 aromatic heterocycles. The van der Waals surface area contributed by atoms with Crippen molar-refractivity contribution in [2.75, 3.05) is 26.3 Å². The summed E-state index contributed by atoms with van der Waals surface area (Å²) >= 11 is 8.91. The third kappa shape index (κ3) is 12.5. The van der Waals surface area contributed by atoms with Gasteiger partial charge in [-0.25, -0.2) is 0 Å². The molecule has 1 unspecified atom stereocenters. The monoisotopic (exact) mass is 639 g/mol. The number of hydrogen-bond acceptors (Lipinski definition) is 6. The summed E-state index contributed by atoms with van der Waals surface area (Å²) in [6.45, 7) is 7.81. The molecule has 2 amide bonds. The second-order valence-electron chi connectivity index (χ2n) is 10.7. The molecule has 0 spiro atoms. The van der Waals surface area contributed by atoms with Gasteiger partial charge >= 0.3 is 5.97 Å². The van der Waals surface area contributed by atoms with Crippen molar-refractivity contribution in [3.05, 3.63) is 28.2 Å². The lowest BCUT2D eigenvalue weighted by atomic mass is 10.1. The molecule has 1 fully saturated rings. The minimum Gasteiger partial charge on any atom is -0.492 e. The van der Waals surface area contributed by atoms with Crippen LogP contribution in [0.2, 0.25) is 0 Å². The first-order valence-electron chi connectivity index (χ1n) is 14.7. The van der Waals surface area contributed by atoms with Gasteiger partial charge in [-0.15, -0.1) is 0 Å². The first-order valence-corrected chi connectivity index (χ1v) is 15.9. The zero-order chi connectivity index (χ0) is 29.3. The number of carbonyl (C=O) groups is 3. The van der Waals surface area contributed by atoms with E-state index < -0.39 is 17.9 Å². The van der Waals surface area contributed by atoms with Crippen LogP contribution in [0.25, 0.3) is 0 Å². The van der Waals surface area contributed by atoms with Gasteiger partial charge in [0.1, 0.15) is 11.8 Å². The predicted molar refractivity (Wildman–Crippen MR) is 165 cm³/mol. The van der Waals surface area contributed by atoms with Crippen molar-refractivity contribution in [2.24, 2.45) is 5.92 Å². The van der Waals surface area contributed by atoms with Gasteiger partial charge in [0.25, 0.3) is 5.91 Å². The van der Waals surface area contributed by atoms with Gasteiger partial charge in [-0.3, -0.25) is 19.7 Å². The highest BCUT2D eigenvalue weighted by molar-refractivity contribution is 9.10. The molecule has 2 N–H and O–H groups in total. The third-order valence-electron chi connectivity index (χ3n) is 6.69. The van der Waals surface area contributed by atoms with E-state index in [9.17, 15) is 14.4 Å². The van der Waals surface area contributed by atoms with E-state index in [1.165, 1.54) is 44.9 Å². The molecule has 224 valence electrons. The van der Waals surface area contributed by atoms with Crippen molar-refractivity contribution < 1.29 is 23.9 Å². The molecule has 1 aliphatic heterocycles. The summed E-state index contributed by atoms with van der Waals surface area (Å²) in [6, 6.07) is 4.35. The van der Waals surface area contributed by atoms with Crippen LogP contribution < -0.4 is 15.4 Å². The molecule has 2 rings (SSSR count). The average Bonchev–Trinajstić information content (AvgIpc) is 2.91. The van der Waals surface area contributed by atoms with Crippen LogP contribution >= 0.6 is 28.1 Å². The molecule has 0 radical (unpaired) electrons. The van der Waals surface area contributed by atoms with Gasteiger partial charge in [-0.05, 0) is 42.8 Å². The van der Waals surface area contributed by atoms with Gasteiger partial charge in [-0.1, -0.05) is 94.5 Å². The minimum absolute atomic E-state index is 0.0853. The fourth-order valence-electron chi connectivity index (χ4n) is 4.45. The predicted octanol–water partition coefficient (Wildman–Crippen LogP) is 6.15. The summed E-state index contributed by atoms with van der Waals surface area (Å²) in [6.07, 6.45) is 11.9. The number of nitrogens with one attached hydrogen (secondary N) is 2. The molecule has 1 saturated heterocycles. The van der Waals surface area contributed by atoms with Crippen LogP contribution in [0.15, 0.2) is 22.7 Å². The van der Waals surface area contributed by atoms with Crippen LogP contribution in [0, 0.1) is 5.92 Å². The Balaban J connectivity index is 1.82. The van der Waals surface area contributed by atoms with E-state index in [1.807, 2.05) is 13.8 Å². The maximum absolute atomic E-state index is 13.1. The third-order valence-corrected chi connectivity index (χ3v) is 7.52. The maximum Gasteiger partial charge on any atom is 0.308 e. The number of rotatable bonds is 17. The fourth-order valence-corrected chi connectivity index (χ4v) is 5.12. The molecule has 1 aliphatic rings. The Labute approximate surface area is 253 Å². The Bertz CT molecular complexity index is 975. The Hall–Kier alpha value is -2.20. The second kappa shape index (κ2) is 19.0. The van der Waals surface area contributed by atoms with Crippen LogP contribution in [-0.2, 0) is 14.3 Å². The smallest absolute Gasteiger partial charge is 0.308 e. The van der Waals surface area contributed by atoms with Gasteiger partial charge in [0.15, 0.2) is 5.11 Å². The summed E-state index contributed by atoms with van der Waals surface area (Å²) in [4.78, 5) is 39.9. The maximum atomic E-state index is 13.1. The summed E-state index contributed by atoms with van der Waals surface area (Å²) < 4.78 is 12.0. The van der Waals surface area contributed by atoms with E-state index in [1.54, 1.807) is 23.1 Å². The van der Waals surface area contributed by atoms with Crippen molar-refractivity contribution in [1.82, 2.24) is 15.5 Å². The number of carbonyl (C=O) groups excluding carboxylic acids is 3. The molecule has 1 atom stereocenters. The van der Waals surface area contributed by atoms with Gasteiger partial charge in [0.05, 0.1) is 25.2 Å². The number of piperazine rings is 1. The van der Waals surface area contributed by atoms with Gasteiger partial charge in [0.2, 0.25) is 5.91 Å². The SMILES string of the molecule is CCCCCCCCCCCCOC(=O)CC1C(=O)NCCN1C(=S)NC(=O)c1cc(Br)ccc1OCC(C)C. The van der Waals surface area contributed by atoms with E-state index in [0.717, 1.165) is 23.7 Å². The quantitative estimate of drug-likeness (QED) is 0.120. The lowest BCUT2D eigenvalue weighted by Crippen LogP contribution is -2.60. The van der Waals surface area contributed by atoms with E-state index in [4.69, 9.17) is 21.7 Å². The number of thiocarbonyl (C=S) groups is 1. The summed E-state index contributed by atoms with van der Waals surface area (Å²) in [5, 5.41) is 5.58. The van der Waals surface area contributed by atoms with Crippen molar-refractivity contribution in [2.45, 2.75) is 97.4 Å². The Morgan fingerprint density at radius 2 is 1.75 bits per heavy atom. The van der Waals surface area contributed by atoms with Crippen LogP contribution in [0.4, 0.5) is 0 Å². The van der Waals surface area contributed by atoms with E-state index in [2.05, 4.69) is 33.5 Å². The molecule has 1 aromatic rings. The number of nitrogens with zero attached hydrogens (tertiary/aromatic N) is 1. The normalized spacial score (nSPS) is 15.1. The average molecular weight is 641 g/mol. The van der Waals surface area contributed by atoms with Crippen molar-refractivity contribution in [3.63, 3.8) is 0 Å². The molecule has 1 aromatic carbocycles. The Morgan fingerprint density at radius 3 is 2.40 bits per heavy atom. The largest absolute Gasteiger partial charge is 0.492 e. The first-order chi connectivity index (χ1) is 19.2. The number of unbranched alkanes of at least 4 members (excludes halogenated alkanes) is 9. The van der Waals surface area contributed by atoms with Crippen molar-refractivity contribution >= 4 is 51.0 Å². The standard InChI is InChI=1S/C30H46BrN3O5S/c1-4-5-6-7-8-9-10-11-12-13-18-38-27(35)20-25-29(37)32-16-17-34(25)30(40)33-28(36)24-19-23(31)14-15-26(24)39-21-22(2)3/h14-15,19,22,25H,4-13,16-18,20-21H2,1-3H3,(H,32,37)(H,33,36,40). The topological polar surface area (TPSA) is 97.0 Å². The lowest BCUT2D eigenvalue weighted by molar-refractivity contribution is -0.147. The zero-order valence-corrected chi connectivity index (χ0v) is 26.7. The Kier molecular flexibility index (Phi) is 16.2. The molecule has 10 heteroatoms. The Morgan fingerprint density at radius 1 is 1.10 bits per heavy atom. The molecule has 40 heavy (non-hydrogen) atoms. The lowest BCUT2D eigenvalue weighted by Gasteiger charge is -2.36. The highest BCUT2D eigenvalue weighted by Crippen LogP contribution is 2.24. The minimum atomic E-state index is -0.846. The zero-order valence-electron chi connectivity index (χ0n) is 24.3. The number of hydrogen-bond donors (Lipinski definition) is 2. The van der Waals surface area contributed by atoms with E-state index in [0.29, 0.717) is 37.6 Å². The van der Waals surface area contributed by atoms with Crippen LogP contribution in [0.3, 0.4) is 0 Å². The number of amides is 2. The fraction of sp³-hybridized carbons (Fsp3) is 0.667. The summed E-state index contributed by atoms with van der Waals surface area (Å²) in [7, 11) is 0. The molecule has 8 nitrogen and oxygen atoms in total. The van der Waals surface area contributed by atoms with Crippen LogP contribution in [0.1, 0.15) is 102 Å². The number of halogens is 1. The molecule has 0 aliphatic carbocycles. The van der Waals surface area contributed by atoms with E-state index >= 15 is 0 Å². The number of benzene rings is 1. The molecule has 0 bridgehead atoms. The molecular formula is C30H46BrN3O5S. The second-order valence-corrected chi connectivity index (χ2v) is 12.0. The van der Waals surface area contributed by atoms with Crippen LogP contribution in [-0.4, -0.2) is 60.1 Å². The highest BCUT2D eigenvalue weighted by Gasteiger charge is 2.34. The number of ether oxygens (including phenoxy) is 2. The van der Waals surface area contributed by atoms with Crippen molar-refractivity contribution in [3.8, 4) is 5.75 Å². The molecule has 0 saturated carbocycles.